The number of fused-ring (bicyclic) bond motifs is 2. The molecule has 0 saturated heterocycles. The van der Waals surface area contributed by atoms with Crippen molar-refractivity contribution in [1.82, 2.24) is 0 Å². The molecule has 4 rings (SSSR count). The predicted octanol–water partition coefficient (Wildman–Crippen LogP) is 3.88. The first-order chi connectivity index (χ1) is 13.7. The third kappa shape index (κ3) is 2.49. The molecule has 2 aromatic carbocycles. The monoisotopic (exact) mass is 385 g/mol. The van der Waals surface area contributed by atoms with Gasteiger partial charge < -0.3 is 14.4 Å². The summed E-state index contributed by atoms with van der Waals surface area (Å²) >= 11 is 0. The Morgan fingerprint density at radius 1 is 1.21 bits per heavy atom. The van der Waals surface area contributed by atoms with Crippen LogP contribution in [0.15, 0.2) is 57.8 Å². The summed E-state index contributed by atoms with van der Waals surface area (Å²) in [5, 5.41) is 23.6. The third-order valence-electron chi connectivity index (χ3n) is 6.20. The lowest BCUT2D eigenvalue weighted by Gasteiger charge is -2.38. The third-order valence-corrected chi connectivity index (χ3v) is 6.20. The van der Waals surface area contributed by atoms with Gasteiger partial charge in [0.15, 0.2) is 5.54 Å². The van der Waals surface area contributed by atoms with Crippen LogP contribution < -0.4 is 15.6 Å². The van der Waals surface area contributed by atoms with E-state index in [4.69, 9.17) is 4.42 Å². The van der Waals surface area contributed by atoms with Crippen LogP contribution in [0.5, 0.6) is 5.75 Å². The minimum Gasteiger partial charge on any atom is -0.872 e. The maximum Gasteiger partial charge on any atom is 0.336 e. The first-order valence-electron chi connectivity index (χ1n) is 9.41. The second kappa shape index (κ2) is 6.25. The number of hydrogen-bond acceptors (Lipinski definition) is 5. The minimum absolute atomic E-state index is 0.253. The maximum absolute atomic E-state index is 12.6. The molecular weight excluding hydrogens is 364 g/mol. The predicted molar refractivity (Wildman–Crippen MR) is 112 cm³/mol. The van der Waals surface area contributed by atoms with E-state index < -0.39 is 16.6 Å². The summed E-state index contributed by atoms with van der Waals surface area (Å²) in [5.41, 5.74) is 1.29. The first kappa shape index (κ1) is 18.8. The van der Waals surface area contributed by atoms with Gasteiger partial charge in [-0.05, 0) is 30.2 Å². The van der Waals surface area contributed by atoms with Crippen LogP contribution in [0.3, 0.4) is 0 Å². The number of aryl methyl sites for hydroxylation is 1. The Morgan fingerprint density at radius 3 is 2.62 bits per heavy atom. The molecule has 0 spiro atoms. The molecule has 2 heterocycles. The van der Waals surface area contributed by atoms with Gasteiger partial charge in [0, 0.05) is 35.2 Å². The molecule has 0 amide bonds. The highest BCUT2D eigenvalue weighted by Gasteiger charge is 2.54. The van der Waals surface area contributed by atoms with Crippen molar-refractivity contribution in [2.75, 3.05) is 11.9 Å². The number of nitriles is 1. The highest BCUT2D eigenvalue weighted by molar-refractivity contribution is 5.90. The van der Waals surface area contributed by atoms with E-state index in [1.807, 2.05) is 50.1 Å². The van der Waals surface area contributed by atoms with E-state index in [1.165, 1.54) is 12.1 Å². The maximum atomic E-state index is 12.6. The van der Waals surface area contributed by atoms with E-state index in [2.05, 4.69) is 6.07 Å². The van der Waals surface area contributed by atoms with Crippen molar-refractivity contribution < 1.29 is 9.52 Å². The van der Waals surface area contributed by atoms with Crippen LogP contribution in [0.2, 0.25) is 0 Å². The Bertz CT molecular complexity index is 1260. The van der Waals surface area contributed by atoms with Gasteiger partial charge in [-0.2, -0.15) is 5.26 Å². The molecule has 0 bridgehead atoms. The van der Waals surface area contributed by atoms with Gasteiger partial charge in [-0.1, -0.05) is 56.0 Å². The van der Waals surface area contributed by atoms with Gasteiger partial charge in [0.25, 0.3) is 0 Å². The van der Waals surface area contributed by atoms with Crippen LogP contribution in [0.25, 0.3) is 17.0 Å². The molecule has 0 aliphatic carbocycles. The fraction of sp³-hybridized carbons (Fsp3) is 0.250. The van der Waals surface area contributed by atoms with Crippen molar-refractivity contribution in [2.24, 2.45) is 0 Å². The summed E-state index contributed by atoms with van der Waals surface area (Å²) in [6.45, 7) is 5.85. The van der Waals surface area contributed by atoms with E-state index in [0.29, 0.717) is 5.39 Å². The second-order valence-corrected chi connectivity index (χ2v) is 8.02. The zero-order valence-electron chi connectivity index (χ0n) is 16.8. The normalized spacial score (nSPS) is 20.2. The molecular formula is C24H21N2O3-. The zero-order valence-corrected chi connectivity index (χ0v) is 16.8. The van der Waals surface area contributed by atoms with Crippen molar-refractivity contribution in [3.05, 3.63) is 75.7 Å². The number of para-hydroxylation sites is 1. The van der Waals surface area contributed by atoms with Crippen LogP contribution in [-0.4, -0.2) is 12.6 Å². The summed E-state index contributed by atoms with van der Waals surface area (Å²) in [5.74, 6) is -0.258. The summed E-state index contributed by atoms with van der Waals surface area (Å²) < 4.78 is 5.37. The van der Waals surface area contributed by atoms with Gasteiger partial charge in [-0.25, -0.2) is 4.79 Å². The molecule has 146 valence electrons. The highest BCUT2D eigenvalue weighted by Crippen LogP contribution is 2.51. The number of likely N-dealkylation sites (N-methyl/N-ethyl adjacent to an activating group) is 1. The van der Waals surface area contributed by atoms with Gasteiger partial charge >= 0.3 is 5.63 Å². The van der Waals surface area contributed by atoms with Crippen molar-refractivity contribution >= 4 is 22.7 Å². The molecule has 5 nitrogen and oxygen atoms in total. The van der Waals surface area contributed by atoms with Gasteiger partial charge in [-0.3, -0.25) is 0 Å². The summed E-state index contributed by atoms with van der Waals surface area (Å²) in [6.07, 6.45) is 3.38. The zero-order chi connectivity index (χ0) is 21.0. The van der Waals surface area contributed by atoms with Gasteiger partial charge in [0.1, 0.15) is 5.58 Å². The first-order valence-corrected chi connectivity index (χ1v) is 9.41. The Hall–Kier alpha value is -3.52. The fourth-order valence-corrected chi connectivity index (χ4v) is 4.43. The summed E-state index contributed by atoms with van der Waals surface area (Å²) in [7, 11) is 1.88. The minimum atomic E-state index is -1.00. The molecule has 1 aliphatic heterocycles. The van der Waals surface area contributed by atoms with Crippen LogP contribution >= 0.6 is 0 Å². The van der Waals surface area contributed by atoms with Crippen LogP contribution in [0.4, 0.5) is 5.69 Å². The Labute approximate surface area is 169 Å². The number of hydrogen-bond donors (Lipinski definition) is 0. The van der Waals surface area contributed by atoms with Gasteiger partial charge in [0.05, 0.1) is 6.07 Å². The average Bonchev–Trinajstić information content (AvgIpc) is 2.85. The lowest BCUT2D eigenvalue weighted by molar-refractivity contribution is -0.268. The standard InChI is InChI=1S/C24H22N2O3/c1-15-13-21(28)29-22-16(15)9-10-20(27)17(22)11-12-24(14-25)23(2,3)18-7-5-6-8-19(18)26(24)4/h5-13,27H,1-4H3/p-1/b12-11+. The smallest absolute Gasteiger partial charge is 0.336 e. The SMILES string of the molecule is Cc1cc(=O)oc2c(/C=C/C3(C#N)N(C)c4ccccc4C3(C)C)c([O-])ccc12. The quantitative estimate of drug-likeness (QED) is 0.626. The number of benzene rings is 2. The van der Waals surface area contributed by atoms with Crippen LogP contribution in [0.1, 0.15) is 30.5 Å². The Morgan fingerprint density at radius 2 is 1.93 bits per heavy atom. The Kier molecular flexibility index (Phi) is 4.06. The van der Waals surface area contributed by atoms with E-state index in [0.717, 1.165) is 16.8 Å². The summed E-state index contributed by atoms with van der Waals surface area (Å²) in [4.78, 5) is 13.8. The van der Waals surface area contributed by atoms with Crippen LogP contribution in [-0.2, 0) is 5.41 Å². The fourth-order valence-electron chi connectivity index (χ4n) is 4.43. The molecule has 0 radical (unpaired) electrons. The number of anilines is 1. The average molecular weight is 385 g/mol. The van der Waals surface area contributed by atoms with E-state index in [1.54, 1.807) is 25.1 Å². The van der Waals surface area contributed by atoms with E-state index in [-0.39, 0.29) is 16.9 Å². The van der Waals surface area contributed by atoms with Crippen molar-refractivity contribution in [2.45, 2.75) is 31.7 Å². The van der Waals surface area contributed by atoms with Crippen LogP contribution in [0, 0.1) is 18.3 Å². The molecule has 0 saturated carbocycles. The molecule has 1 aliphatic rings. The van der Waals surface area contributed by atoms with Crippen molar-refractivity contribution in [3.8, 4) is 11.8 Å². The van der Waals surface area contributed by atoms with Gasteiger partial charge in [0.2, 0.25) is 0 Å². The van der Waals surface area contributed by atoms with Crippen molar-refractivity contribution in [3.63, 3.8) is 0 Å². The number of rotatable bonds is 2. The summed E-state index contributed by atoms with van der Waals surface area (Å²) in [6, 6.07) is 14.9. The molecule has 29 heavy (non-hydrogen) atoms. The highest BCUT2D eigenvalue weighted by atomic mass is 16.4. The molecule has 5 heteroatoms. The molecule has 1 atom stereocenters. The lowest BCUT2D eigenvalue weighted by Crippen LogP contribution is -2.51. The van der Waals surface area contributed by atoms with Crippen molar-refractivity contribution in [1.29, 1.82) is 5.26 Å². The van der Waals surface area contributed by atoms with Gasteiger partial charge in [-0.15, -0.1) is 0 Å². The topological polar surface area (TPSA) is 80.3 Å². The molecule has 0 N–H and O–H groups in total. The van der Waals surface area contributed by atoms with E-state index in [9.17, 15) is 15.2 Å². The lowest BCUT2D eigenvalue weighted by atomic mass is 9.70. The van der Waals surface area contributed by atoms with E-state index >= 15 is 0 Å². The second-order valence-electron chi connectivity index (χ2n) is 8.02. The molecule has 3 aromatic rings. The molecule has 1 aromatic heterocycles. The molecule has 1 unspecified atom stereocenters. The number of nitrogens with zero attached hydrogens (tertiary/aromatic N) is 2. The Balaban J connectivity index is 1.93. The molecule has 0 fully saturated rings. The largest absolute Gasteiger partial charge is 0.872 e.